The van der Waals surface area contributed by atoms with Crippen molar-refractivity contribution >= 4 is 17.6 Å². The lowest BCUT2D eigenvalue weighted by molar-refractivity contribution is -0.128. The Bertz CT molecular complexity index is 687. The van der Waals surface area contributed by atoms with Crippen LogP contribution in [0.5, 0.6) is 5.75 Å². The number of ether oxygens (including phenoxy) is 1. The largest absolute Gasteiger partial charge is 0.485 e. The summed E-state index contributed by atoms with van der Waals surface area (Å²) in [4.78, 5) is 25.7. The number of benzene rings is 1. The molecule has 0 amide bonds. The van der Waals surface area contributed by atoms with Crippen molar-refractivity contribution in [2.75, 3.05) is 0 Å². The SMILES string of the molecule is CC(C)(C)C(=O)CC1Oc2ccccc2C=C1C(=O)C1CCCCC1. The van der Waals surface area contributed by atoms with Crippen LogP contribution < -0.4 is 4.74 Å². The first-order chi connectivity index (χ1) is 11.9. The molecule has 1 aliphatic heterocycles. The Morgan fingerprint density at radius 3 is 2.44 bits per heavy atom. The number of hydrogen-bond acceptors (Lipinski definition) is 3. The molecule has 0 aromatic heterocycles. The van der Waals surface area contributed by atoms with Crippen LogP contribution in [0.2, 0.25) is 0 Å². The van der Waals surface area contributed by atoms with Crippen LogP contribution in [0.15, 0.2) is 29.8 Å². The molecule has 3 rings (SSSR count). The summed E-state index contributed by atoms with van der Waals surface area (Å²) in [5.41, 5.74) is 1.18. The Hall–Kier alpha value is -1.90. The Balaban J connectivity index is 1.89. The van der Waals surface area contributed by atoms with Gasteiger partial charge < -0.3 is 4.74 Å². The molecule has 0 radical (unpaired) electrons. The third kappa shape index (κ3) is 4.02. The monoisotopic (exact) mass is 340 g/mol. The molecule has 25 heavy (non-hydrogen) atoms. The van der Waals surface area contributed by atoms with Crippen molar-refractivity contribution in [3.8, 4) is 5.75 Å². The topological polar surface area (TPSA) is 43.4 Å². The van der Waals surface area contributed by atoms with E-state index in [2.05, 4.69) is 0 Å². The lowest BCUT2D eigenvalue weighted by Gasteiger charge is -2.31. The molecule has 1 aromatic carbocycles. The number of Topliss-reactive ketones (excluding diaryl/α,β-unsaturated/α-hetero) is 2. The summed E-state index contributed by atoms with van der Waals surface area (Å²) >= 11 is 0. The van der Waals surface area contributed by atoms with Gasteiger partial charge in [-0.15, -0.1) is 0 Å². The van der Waals surface area contributed by atoms with E-state index in [1.165, 1.54) is 6.42 Å². The van der Waals surface area contributed by atoms with Gasteiger partial charge in [-0.25, -0.2) is 0 Å². The molecule has 2 aliphatic rings. The van der Waals surface area contributed by atoms with E-state index in [4.69, 9.17) is 4.74 Å². The first-order valence-electron chi connectivity index (χ1n) is 9.41. The second-order valence-corrected chi connectivity index (χ2v) is 8.32. The highest BCUT2D eigenvalue weighted by molar-refractivity contribution is 6.03. The fraction of sp³-hybridized carbons (Fsp3) is 0.545. The minimum Gasteiger partial charge on any atom is -0.485 e. The van der Waals surface area contributed by atoms with Crippen LogP contribution in [0.4, 0.5) is 0 Å². The van der Waals surface area contributed by atoms with Crippen LogP contribution in [-0.2, 0) is 9.59 Å². The second kappa shape index (κ2) is 7.15. The zero-order valence-electron chi connectivity index (χ0n) is 15.5. The minimum absolute atomic E-state index is 0.0844. The second-order valence-electron chi connectivity index (χ2n) is 8.32. The number of carbonyl (C=O) groups is 2. The Morgan fingerprint density at radius 2 is 1.76 bits per heavy atom. The van der Waals surface area contributed by atoms with Crippen molar-refractivity contribution < 1.29 is 14.3 Å². The van der Waals surface area contributed by atoms with E-state index in [-0.39, 0.29) is 23.9 Å². The number of fused-ring (bicyclic) bond motifs is 1. The van der Waals surface area contributed by atoms with Crippen LogP contribution in [0.25, 0.3) is 6.08 Å². The molecule has 1 aromatic rings. The maximum absolute atomic E-state index is 13.1. The molecular weight excluding hydrogens is 312 g/mol. The zero-order chi connectivity index (χ0) is 18.0. The molecule has 0 N–H and O–H groups in total. The van der Waals surface area contributed by atoms with Gasteiger partial charge in [0, 0.05) is 28.9 Å². The standard InChI is InChI=1S/C22H28O3/c1-22(2,3)20(23)14-19-17(21(24)15-9-5-4-6-10-15)13-16-11-7-8-12-18(16)25-19/h7-8,11-13,15,19H,4-6,9-10,14H2,1-3H3. The fourth-order valence-corrected chi connectivity index (χ4v) is 3.64. The third-order valence-corrected chi connectivity index (χ3v) is 5.31. The van der Waals surface area contributed by atoms with Crippen LogP contribution in [0, 0.1) is 11.3 Å². The highest BCUT2D eigenvalue weighted by Crippen LogP contribution is 2.36. The van der Waals surface area contributed by atoms with Gasteiger partial charge in [-0.05, 0) is 25.0 Å². The van der Waals surface area contributed by atoms with Gasteiger partial charge in [0.1, 0.15) is 17.6 Å². The van der Waals surface area contributed by atoms with Crippen molar-refractivity contribution in [2.24, 2.45) is 11.3 Å². The van der Waals surface area contributed by atoms with Crippen LogP contribution in [-0.4, -0.2) is 17.7 Å². The maximum Gasteiger partial charge on any atom is 0.165 e. The lowest BCUT2D eigenvalue weighted by atomic mass is 9.79. The van der Waals surface area contributed by atoms with Gasteiger partial charge in [-0.2, -0.15) is 0 Å². The molecule has 1 atom stereocenters. The highest BCUT2D eigenvalue weighted by Gasteiger charge is 2.35. The molecule has 0 bridgehead atoms. The fourth-order valence-electron chi connectivity index (χ4n) is 3.64. The van der Waals surface area contributed by atoms with Crippen LogP contribution >= 0.6 is 0 Å². The van der Waals surface area contributed by atoms with E-state index in [0.717, 1.165) is 37.0 Å². The van der Waals surface area contributed by atoms with Crippen LogP contribution in [0.3, 0.4) is 0 Å². The zero-order valence-corrected chi connectivity index (χ0v) is 15.5. The quantitative estimate of drug-likeness (QED) is 0.776. The van der Waals surface area contributed by atoms with E-state index in [1.54, 1.807) is 0 Å². The molecule has 134 valence electrons. The lowest BCUT2D eigenvalue weighted by Crippen LogP contribution is -2.35. The van der Waals surface area contributed by atoms with Crippen LogP contribution in [0.1, 0.15) is 64.9 Å². The summed E-state index contributed by atoms with van der Waals surface area (Å²) in [6.07, 6.45) is 7.11. The number of para-hydroxylation sites is 1. The van der Waals surface area contributed by atoms with E-state index >= 15 is 0 Å². The smallest absolute Gasteiger partial charge is 0.165 e. The summed E-state index contributed by atoms with van der Waals surface area (Å²) in [6.45, 7) is 5.75. The molecule has 1 saturated carbocycles. The average molecular weight is 340 g/mol. The predicted molar refractivity (Wildman–Crippen MR) is 99.5 cm³/mol. The molecule has 0 saturated heterocycles. The summed E-state index contributed by atoms with van der Waals surface area (Å²) in [6, 6.07) is 7.73. The molecule has 1 heterocycles. The van der Waals surface area contributed by atoms with Crippen molar-refractivity contribution in [3.05, 3.63) is 35.4 Å². The molecule has 3 nitrogen and oxygen atoms in total. The van der Waals surface area contributed by atoms with Gasteiger partial charge in [-0.3, -0.25) is 9.59 Å². The van der Waals surface area contributed by atoms with Crippen molar-refractivity contribution in [1.29, 1.82) is 0 Å². The number of ketones is 2. The third-order valence-electron chi connectivity index (χ3n) is 5.31. The summed E-state index contributed by atoms with van der Waals surface area (Å²) in [7, 11) is 0. The molecular formula is C22H28O3. The van der Waals surface area contributed by atoms with Crippen molar-refractivity contribution in [1.82, 2.24) is 0 Å². The van der Waals surface area contributed by atoms with E-state index in [0.29, 0.717) is 5.57 Å². The van der Waals surface area contributed by atoms with Gasteiger partial charge >= 0.3 is 0 Å². The van der Waals surface area contributed by atoms with Gasteiger partial charge in [0.15, 0.2) is 5.78 Å². The minimum atomic E-state index is -0.462. The first-order valence-corrected chi connectivity index (χ1v) is 9.41. The van der Waals surface area contributed by atoms with Gasteiger partial charge in [0.2, 0.25) is 0 Å². The normalized spacial score (nSPS) is 21.1. The summed E-state index contributed by atoms with van der Waals surface area (Å²) in [5.74, 6) is 1.15. The molecule has 1 unspecified atom stereocenters. The van der Waals surface area contributed by atoms with E-state index in [9.17, 15) is 9.59 Å². The maximum atomic E-state index is 13.1. The van der Waals surface area contributed by atoms with E-state index in [1.807, 2.05) is 51.1 Å². The van der Waals surface area contributed by atoms with Crippen molar-refractivity contribution in [2.45, 2.75) is 65.4 Å². The molecule has 1 aliphatic carbocycles. The van der Waals surface area contributed by atoms with Crippen molar-refractivity contribution in [3.63, 3.8) is 0 Å². The number of carbonyl (C=O) groups excluding carboxylic acids is 2. The number of hydrogen-bond donors (Lipinski definition) is 0. The molecule has 3 heteroatoms. The van der Waals surface area contributed by atoms with Gasteiger partial charge in [-0.1, -0.05) is 58.2 Å². The molecule has 0 spiro atoms. The van der Waals surface area contributed by atoms with E-state index < -0.39 is 11.5 Å². The Labute approximate surface area is 150 Å². The Morgan fingerprint density at radius 1 is 1.08 bits per heavy atom. The molecule has 1 fully saturated rings. The summed E-state index contributed by atoms with van der Waals surface area (Å²) in [5, 5.41) is 0. The average Bonchev–Trinajstić information content (AvgIpc) is 2.60. The Kier molecular flexibility index (Phi) is 5.12. The predicted octanol–water partition coefficient (Wildman–Crippen LogP) is 4.99. The summed E-state index contributed by atoms with van der Waals surface area (Å²) < 4.78 is 6.11. The first kappa shape index (κ1) is 17.9. The highest BCUT2D eigenvalue weighted by atomic mass is 16.5. The number of rotatable bonds is 4. The van der Waals surface area contributed by atoms with Gasteiger partial charge in [0.05, 0.1) is 0 Å². The van der Waals surface area contributed by atoms with Gasteiger partial charge in [0.25, 0.3) is 0 Å².